The quantitative estimate of drug-likeness (QED) is 0.873. The van der Waals surface area contributed by atoms with Crippen molar-refractivity contribution in [3.63, 3.8) is 0 Å². The molecule has 0 heterocycles. The van der Waals surface area contributed by atoms with Crippen LogP contribution in [0.25, 0.3) is 0 Å². The Morgan fingerprint density at radius 1 is 1.47 bits per heavy atom. The van der Waals surface area contributed by atoms with Crippen LogP contribution in [0.3, 0.4) is 0 Å². The summed E-state index contributed by atoms with van der Waals surface area (Å²) in [7, 11) is 0. The van der Waals surface area contributed by atoms with Crippen molar-refractivity contribution in [2.75, 3.05) is 13.1 Å². The number of carbonyl (C=O) groups is 1. The van der Waals surface area contributed by atoms with Gasteiger partial charge in [-0.05, 0) is 18.2 Å². The molecule has 0 saturated heterocycles. The predicted octanol–water partition coefficient (Wildman–Crippen LogP) is 1.80. The second-order valence-electron chi connectivity index (χ2n) is 3.37. The van der Waals surface area contributed by atoms with Crippen LogP contribution in [0.15, 0.2) is 18.2 Å². The highest BCUT2D eigenvalue weighted by atomic mass is 35.5. The van der Waals surface area contributed by atoms with Gasteiger partial charge in [0.25, 0.3) is 11.8 Å². The van der Waals surface area contributed by atoms with E-state index in [0.717, 1.165) is 18.2 Å². The van der Waals surface area contributed by atoms with E-state index in [1.165, 1.54) is 0 Å². The molecule has 1 rings (SSSR count). The number of halogens is 4. The summed E-state index contributed by atoms with van der Waals surface area (Å²) in [6.07, 6.45) is 0. The second-order valence-corrected chi connectivity index (χ2v) is 3.77. The molecule has 0 aliphatic carbocycles. The number of hydrogen-bond acceptors (Lipinski definition) is 2. The predicted molar refractivity (Wildman–Crippen MR) is 57.7 cm³/mol. The number of nitrogens with two attached hydrogens (primary N) is 1. The molecule has 0 fully saturated rings. The molecule has 0 aliphatic heterocycles. The topological polar surface area (TPSA) is 55.1 Å². The first-order chi connectivity index (χ1) is 7.85. The van der Waals surface area contributed by atoms with Gasteiger partial charge in [0.05, 0.1) is 23.7 Å². The van der Waals surface area contributed by atoms with Gasteiger partial charge < -0.3 is 11.1 Å². The van der Waals surface area contributed by atoms with E-state index in [2.05, 4.69) is 0 Å². The molecule has 0 saturated carbocycles. The zero-order valence-corrected chi connectivity index (χ0v) is 9.40. The van der Waals surface area contributed by atoms with Crippen molar-refractivity contribution in [3.8, 4) is 0 Å². The monoisotopic (exact) mass is 266 g/mol. The van der Waals surface area contributed by atoms with Gasteiger partial charge in [-0.3, -0.25) is 4.79 Å². The summed E-state index contributed by atoms with van der Waals surface area (Å²) in [5.41, 5.74) is 4.74. The van der Waals surface area contributed by atoms with Gasteiger partial charge in [0.15, 0.2) is 0 Å². The molecule has 0 aromatic heterocycles. The average Bonchev–Trinajstić information content (AvgIpc) is 2.26. The fourth-order valence-corrected chi connectivity index (χ4v) is 1.30. The van der Waals surface area contributed by atoms with Crippen LogP contribution in [0.1, 0.15) is 10.4 Å². The minimum atomic E-state index is -3.18. The second kappa shape index (κ2) is 5.37. The highest BCUT2D eigenvalue weighted by molar-refractivity contribution is 6.33. The lowest BCUT2D eigenvalue weighted by molar-refractivity contribution is 0.0118. The van der Waals surface area contributed by atoms with Gasteiger partial charge in [-0.25, -0.2) is 13.2 Å². The Kier molecular flexibility index (Phi) is 4.36. The molecule has 17 heavy (non-hydrogen) atoms. The molecule has 7 heteroatoms. The summed E-state index contributed by atoms with van der Waals surface area (Å²) in [4.78, 5) is 11.4. The zero-order chi connectivity index (χ0) is 13.1. The van der Waals surface area contributed by atoms with Gasteiger partial charge >= 0.3 is 0 Å². The van der Waals surface area contributed by atoms with Crippen LogP contribution in [-0.2, 0) is 0 Å². The molecule has 94 valence electrons. The number of alkyl halides is 2. The Morgan fingerprint density at radius 2 is 2.12 bits per heavy atom. The standard InChI is InChI=1S/C10H10ClF3N2O/c11-8-3-6(12)1-2-7(8)9(17)16-5-10(13,14)4-15/h1-3H,4-5,15H2,(H,16,17). The Morgan fingerprint density at radius 3 is 2.65 bits per heavy atom. The number of benzene rings is 1. The highest BCUT2D eigenvalue weighted by Crippen LogP contribution is 2.17. The third-order valence-corrected chi connectivity index (χ3v) is 2.29. The summed E-state index contributed by atoms with van der Waals surface area (Å²) < 4.78 is 38.2. The van der Waals surface area contributed by atoms with Crippen LogP contribution in [0.4, 0.5) is 13.2 Å². The number of nitrogens with one attached hydrogen (secondary N) is 1. The summed E-state index contributed by atoms with van der Waals surface area (Å²) in [6.45, 7) is -1.76. The molecule has 0 unspecified atom stereocenters. The lowest BCUT2D eigenvalue weighted by atomic mass is 10.2. The van der Waals surface area contributed by atoms with E-state index in [-0.39, 0.29) is 10.6 Å². The third kappa shape index (κ3) is 3.90. The van der Waals surface area contributed by atoms with Crippen molar-refractivity contribution in [2.24, 2.45) is 5.73 Å². The van der Waals surface area contributed by atoms with Gasteiger partial charge in [-0.15, -0.1) is 0 Å². The summed E-state index contributed by atoms with van der Waals surface area (Å²) in [6, 6.07) is 3.06. The van der Waals surface area contributed by atoms with E-state index in [1.54, 1.807) is 0 Å². The van der Waals surface area contributed by atoms with Crippen LogP contribution >= 0.6 is 11.6 Å². The summed E-state index contributed by atoms with van der Waals surface area (Å²) in [5, 5.41) is 1.83. The van der Waals surface area contributed by atoms with Crippen molar-refractivity contribution in [3.05, 3.63) is 34.6 Å². The lowest BCUT2D eigenvalue weighted by Crippen LogP contribution is -2.41. The molecule has 0 radical (unpaired) electrons. The van der Waals surface area contributed by atoms with Crippen LogP contribution < -0.4 is 11.1 Å². The van der Waals surface area contributed by atoms with Crippen molar-refractivity contribution >= 4 is 17.5 Å². The van der Waals surface area contributed by atoms with Crippen molar-refractivity contribution in [1.29, 1.82) is 0 Å². The van der Waals surface area contributed by atoms with Crippen LogP contribution in [0.2, 0.25) is 5.02 Å². The van der Waals surface area contributed by atoms with E-state index in [9.17, 15) is 18.0 Å². The largest absolute Gasteiger partial charge is 0.346 e. The van der Waals surface area contributed by atoms with Crippen LogP contribution in [0, 0.1) is 5.82 Å². The summed E-state index contributed by atoms with van der Waals surface area (Å²) in [5.74, 6) is -4.59. The molecular formula is C10H10ClF3N2O. The Balaban J connectivity index is 2.71. The van der Waals surface area contributed by atoms with Crippen LogP contribution in [0.5, 0.6) is 0 Å². The Hall–Kier alpha value is -1.27. The Bertz CT molecular complexity index is 426. The summed E-state index contributed by atoms with van der Waals surface area (Å²) >= 11 is 5.60. The highest BCUT2D eigenvalue weighted by Gasteiger charge is 2.27. The normalized spacial score (nSPS) is 11.4. The van der Waals surface area contributed by atoms with E-state index in [4.69, 9.17) is 17.3 Å². The molecule has 3 N–H and O–H groups in total. The maximum Gasteiger partial charge on any atom is 0.277 e. The number of amides is 1. The maximum absolute atomic E-state index is 12.8. The number of rotatable bonds is 4. The van der Waals surface area contributed by atoms with Gasteiger partial charge in [0.2, 0.25) is 0 Å². The van der Waals surface area contributed by atoms with Gasteiger partial charge in [-0.1, -0.05) is 11.6 Å². The minimum Gasteiger partial charge on any atom is -0.346 e. The first kappa shape index (κ1) is 13.8. The van der Waals surface area contributed by atoms with E-state index >= 15 is 0 Å². The van der Waals surface area contributed by atoms with Gasteiger partial charge in [0, 0.05) is 0 Å². The van der Waals surface area contributed by atoms with Crippen molar-refractivity contribution in [2.45, 2.75) is 5.92 Å². The molecule has 0 spiro atoms. The molecule has 3 nitrogen and oxygen atoms in total. The van der Waals surface area contributed by atoms with Crippen molar-refractivity contribution < 1.29 is 18.0 Å². The molecular weight excluding hydrogens is 257 g/mol. The van der Waals surface area contributed by atoms with Gasteiger partial charge in [-0.2, -0.15) is 0 Å². The molecule has 1 amide bonds. The van der Waals surface area contributed by atoms with Crippen LogP contribution in [-0.4, -0.2) is 24.9 Å². The number of carbonyl (C=O) groups excluding carboxylic acids is 1. The Labute approximate surface area is 101 Å². The first-order valence-corrected chi connectivity index (χ1v) is 5.04. The maximum atomic E-state index is 12.8. The smallest absolute Gasteiger partial charge is 0.277 e. The molecule has 1 aromatic rings. The molecule has 1 aromatic carbocycles. The average molecular weight is 267 g/mol. The SMILES string of the molecule is NCC(F)(F)CNC(=O)c1ccc(F)cc1Cl. The molecule has 0 aliphatic rings. The third-order valence-electron chi connectivity index (χ3n) is 1.98. The lowest BCUT2D eigenvalue weighted by Gasteiger charge is -2.14. The molecule has 0 bridgehead atoms. The fourth-order valence-electron chi connectivity index (χ4n) is 1.05. The van der Waals surface area contributed by atoms with Gasteiger partial charge in [0.1, 0.15) is 5.82 Å². The van der Waals surface area contributed by atoms with Crippen molar-refractivity contribution in [1.82, 2.24) is 5.32 Å². The molecule has 0 atom stereocenters. The van der Waals surface area contributed by atoms with E-state index < -0.39 is 30.7 Å². The fraction of sp³-hybridized carbons (Fsp3) is 0.300. The zero-order valence-electron chi connectivity index (χ0n) is 8.64. The minimum absolute atomic E-state index is 0.0686. The first-order valence-electron chi connectivity index (χ1n) is 4.67. The van der Waals surface area contributed by atoms with E-state index in [1.807, 2.05) is 5.32 Å². The van der Waals surface area contributed by atoms with E-state index in [0.29, 0.717) is 0 Å². The number of hydrogen-bond donors (Lipinski definition) is 2.